The second-order valence-corrected chi connectivity index (χ2v) is 4.39. The third kappa shape index (κ3) is 2.76. The molecule has 1 amide bonds. The highest BCUT2D eigenvalue weighted by atomic mass is 16.1. The molecule has 1 aromatic rings. The van der Waals surface area contributed by atoms with E-state index in [1.54, 1.807) is 13.4 Å². The second-order valence-electron chi connectivity index (χ2n) is 4.39. The third-order valence-corrected chi connectivity index (χ3v) is 3.17. The Labute approximate surface area is 107 Å². The molecule has 0 saturated carbocycles. The molecule has 0 spiro atoms. The average Bonchev–Trinajstić information content (AvgIpc) is 2.43. The Morgan fingerprint density at radius 1 is 1.56 bits per heavy atom. The fourth-order valence-corrected chi connectivity index (χ4v) is 2.08. The van der Waals surface area contributed by atoms with Crippen LogP contribution in [0.1, 0.15) is 17.7 Å². The summed E-state index contributed by atoms with van der Waals surface area (Å²) in [4.78, 5) is 21.9. The fourth-order valence-electron chi connectivity index (χ4n) is 2.08. The molecule has 0 aromatic carbocycles. The van der Waals surface area contributed by atoms with Gasteiger partial charge in [0.05, 0.1) is 5.69 Å². The molecule has 0 bridgehead atoms. The largest absolute Gasteiger partial charge is 0.359 e. The quantitative estimate of drug-likeness (QED) is 0.766. The van der Waals surface area contributed by atoms with Crippen molar-refractivity contribution < 1.29 is 4.79 Å². The van der Waals surface area contributed by atoms with Gasteiger partial charge in [-0.15, -0.1) is 0 Å². The Morgan fingerprint density at radius 2 is 2.39 bits per heavy atom. The number of fused-ring (bicyclic) bond motifs is 1. The van der Waals surface area contributed by atoms with Gasteiger partial charge in [0.1, 0.15) is 12.1 Å². The van der Waals surface area contributed by atoms with E-state index < -0.39 is 0 Å². The van der Waals surface area contributed by atoms with Gasteiger partial charge in [0, 0.05) is 52.1 Å². The Bertz CT molecular complexity index is 434. The van der Waals surface area contributed by atoms with E-state index in [9.17, 15) is 4.79 Å². The molecular formula is C12H19N5O. The molecule has 0 aliphatic carbocycles. The van der Waals surface area contributed by atoms with Crippen LogP contribution in [0.5, 0.6) is 0 Å². The van der Waals surface area contributed by atoms with Crippen LogP contribution in [0.4, 0.5) is 5.82 Å². The number of aromatic nitrogens is 2. The standard InChI is InChI=1S/C12H19N5O/c1-13-11(18)4-6-17(2)12-9-7-14-5-3-10(9)15-8-16-12/h8,14H,3-7H2,1-2H3,(H,13,18). The van der Waals surface area contributed by atoms with E-state index in [2.05, 4.69) is 20.6 Å². The molecule has 2 N–H and O–H groups in total. The zero-order valence-corrected chi connectivity index (χ0v) is 10.9. The molecule has 98 valence electrons. The first kappa shape index (κ1) is 12.8. The molecule has 6 nitrogen and oxygen atoms in total. The van der Waals surface area contributed by atoms with Crippen LogP contribution in [0.25, 0.3) is 0 Å². The lowest BCUT2D eigenvalue weighted by atomic mass is 10.1. The lowest BCUT2D eigenvalue weighted by Gasteiger charge is -2.24. The molecule has 2 rings (SSSR count). The van der Waals surface area contributed by atoms with Gasteiger partial charge in [-0.1, -0.05) is 0 Å². The number of carbonyl (C=O) groups excluding carboxylic acids is 1. The maximum atomic E-state index is 11.3. The predicted molar refractivity (Wildman–Crippen MR) is 69.4 cm³/mol. The topological polar surface area (TPSA) is 70.2 Å². The van der Waals surface area contributed by atoms with Gasteiger partial charge in [0.15, 0.2) is 0 Å². The second kappa shape index (κ2) is 5.77. The zero-order valence-electron chi connectivity index (χ0n) is 10.9. The van der Waals surface area contributed by atoms with Crippen LogP contribution in [-0.2, 0) is 17.8 Å². The maximum absolute atomic E-state index is 11.3. The van der Waals surface area contributed by atoms with Crippen molar-refractivity contribution in [2.45, 2.75) is 19.4 Å². The van der Waals surface area contributed by atoms with Crippen LogP contribution in [0, 0.1) is 0 Å². The molecule has 6 heteroatoms. The number of amides is 1. The number of hydrogen-bond donors (Lipinski definition) is 2. The van der Waals surface area contributed by atoms with E-state index >= 15 is 0 Å². The van der Waals surface area contributed by atoms with Gasteiger partial charge in [-0.3, -0.25) is 4.79 Å². The fraction of sp³-hybridized carbons (Fsp3) is 0.583. The number of nitrogens with one attached hydrogen (secondary N) is 2. The van der Waals surface area contributed by atoms with E-state index in [0.717, 1.165) is 36.6 Å². The lowest BCUT2D eigenvalue weighted by Crippen LogP contribution is -2.31. The molecule has 0 unspecified atom stereocenters. The van der Waals surface area contributed by atoms with Crippen LogP contribution in [-0.4, -0.2) is 43.1 Å². The Morgan fingerprint density at radius 3 is 3.17 bits per heavy atom. The van der Waals surface area contributed by atoms with Crippen molar-refractivity contribution in [3.8, 4) is 0 Å². The minimum atomic E-state index is 0.0444. The van der Waals surface area contributed by atoms with Gasteiger partial charge in [-0.2, -0.15) is 0 Å². The van der Waals surface area contributed by atoms with E-state index in [0.29, 0.717) is 13.0 Å². The van der Waals surface area contributed by atoms with Gasteiger partial charge in [0.2, 0.25) is 5.91 Å². The molecule has 1 aliphatic rings. The Hall–Kier alpha value is -1.69. The van der Waals surface area contributed by atoms with Crippen molar-refractivity contribution in [1.29, 1.82) is 0 Å². The van der Waals surface area contributed by atoms with Crippen molar-refractivity contribution in [3.63, 3.8) is 0 Å². The van der Waals surface area contributed by atoms with Gasteiger partial charge < -0.3 is 15.5 Å². The van der Waals surface area contributed by atoms with Crippen molar-refractivity contribution in [2.75, 3.05) is 32.1 Å². The van der Waals surface area contributed by atoms with Crippen LogP contribution in [0.15, 0.2) is 6.33 Å². The molecule has 1 aromatic heterocycles. The first-order valence-corrected chi connectivity index (χ1v) is 6.17. The van der Waals surface area contributed by atoms with Crippen molar-refractivity contribution >= 4 is 11.7 Å². The summed E-state index contributed by atoms with van der Waals surface area (Å²) in [5, 5.41) is 5.95. The summed E-state index contributed by atoms with van der Waals surface area (Å²) in [6, 6.07) is 0. The van der Waals surface area contributed by atoms with E-state index in [4.69, 9.17) is 0 Å². The normalized spacial score (nSPS) is 13.9. The summed E-state index contributed by atoms with van der Waals surface area (Å²) in [5.41, 5.74) is 2.27. The van der Waals surface area contributed by atoms with E-state index in [1.165, 1.54) is 0 Å². The first-order valence-electron chi connectivity index (χ1n) is 6.17. The number of hydrogen-bond acceptors (Lipinski definition) is 5. The van der Waals surface area contributed by atoms with Crippen LogP contribution >= 0.6 is 0 Å². The summed E-state index contributed by atoms with van der Waals surface area (Å²) in [7, 11) is 3.61. The van der Waals surface area contributed by atoms with E-state index in [-0.39, 0.29) is 5.91 Å². The number of nitrogens with zero attached hydrogens (tertiary/aromatic N) is 3. The molecular weight excluding hydrogens is 230 g/mol. The summed E-state index contributed by atoms with van der Waals surface area (Å²) < 4.78 is 0. The van der Waals surface area contributed by atoms with Gasteiger partial charge in [0.25, 0.3) is 0 Å². The zero-order chi connectivity index (χ0) is 13.0. The molecule has 0 fully saturated rings. The Kier molecular flexibility index (Phi) is 4.09. The molecule has 2 heterocycles. The summed E-state index contributed by atoms with van der Waals surface area (Å²) in [5.74, 6) is 0.971. The molecule has 1 aliphatic heterocycles. The first-order chi connectivity index (χ1) is 8.72. The lowest BCUT2D eigenvalue weighted by molar-refractivity contribution is -0.120. The van der Waals surface area contributed by atoms with Crippen molar-refractivity contribution in [2.24, 2.45) is 0 Å². The van der Waals surface area contributed by atoms with Gasteiger partial charge in [-0.25, -0.2) is 9.97 Å². The van der Waals surface area contributed by atoms with Crippen LogP contribution < -0.4 is 15.5 Å². The third-order valence-electron chi connectivity index (χ3n) is 3.17. The van der Waals surface area contributed by atoms with Crippen molar-refractivity contribution in [3.05, 3.63) is 17.6 Å². The summed E-state index contributed by atoms with van der Waals surface area (Å²) >= 11 is 0. The summed E-state index contributed by atoms with van der Waals surface area (Å²) in [6.07, 6.45) is 3.02. The minimum absolute atomic E-state index is 0.0444. The van der Waals surface area contributed by atoms with E-state index in [1.807, 2.05) is 11.9 Å². The number of carbonyl (C=O) groups is 1. The highest BCUT2D eigenvalue weighted by Gasteiger charge is 2.17. The van der Waals surface area contributed by atoms with Crippen LogP contribution in [0.2, 0.25) is 0 Å². The minimum Gasteiger partial charge on any atom is -0.359 e. The average molecular weight is 249 g/mol. The smallest absolute Gasteiger partial charge is 0.221 e. The number of rotatable bonds is 4. The highest BCUT2D eigenvalue weighted by Crippen LogP contribution is 2.21. The Balaban J connectivity index is 2.10. The monoisotopic (exact) mass is 249 g/mol. The summed E-state index contributed by atoms with van der Waals surface area (Å²) in [6.45, 7) is 2.42. The van der Waals surface area contributed by atoms with Crippen LogP contribution in [0.3, 0.4) is 0 Å². The molecule has 0 saturated heterocycles. The highest BCUT2D eigenvalue weighted by molar-refractivity contribution is 5.76. The SMILES string of the molecule is CNC(=O)CCN(C)c1ncnc2c1CNCC2. The van der Waals surface area contributed by atoms with Crippen molar-refractivity contribution in [1.82, 2.24) is 20.6 Å². The molecule has 0 atom stereocenters. The number of anilines is 1. The predicted octanol–water partition coefficient (Wildman–Crippen LogP) is -0.305. The van der Waals surface area contributed by atoms with Gasteiger partial charge in [-0.05, 0) is 0 Å². The van der Waals surface area contributed by atoms with Gasteiger partial charge >= 0.3 is 0 Å². The molecule has 18 heavy (non-hydrogen) atoms. The molecule has 0 radical (unpaired) electrons. The maximum Gasteiger partial charge on any atom is 0.221 e.